The molecule has 0 radical (unpaired) electrons. The molecule has 0 bridgehead atoms. The second-order valence-corrected chi connectivity index (χ2v) is 4.27. The van der Waals surface area contributed by atoms with Crippen LogP contribution in [0.25, 0.3) is 0 Å². The predicted octanol–water partition coefficient (Wildman–Crippen LogP) is 3.07. The Labute approximate surface area is 106 Å². The molecule has 0 aliphatic rings. The van der Waals surface area contributed by atoms with Gasteiger partial charge in [0.25, 0.3) is 0 Å². The van der Waals surface area contributed by atoms with Crippen molar-refractivity contribution in [1.29, 1.82) is 0 Å². The van der Waals surface area contributed by atoms with Crippen LogP contribution in [0.4, 0.5) is 14.5 Å². The molecular formula is C11H10BrF2NO2. The van der Waals surface area contributed by atoms with E-state index in [4.69, 9.17) is 0 Å². The van der Waals surface area contributed by atoms with Gasteiger partial charge in [-0.2, -0.15) is 0 Å². The minimum absolute atomic E-state index is 0.0456. The number of hydrogen-bond acceptors (Lipinski definition) is 3. The lowest BCUT2D eigenvalue weighted by Gasteiger charge is -2.09. The number of anilines is 1. The van der Waals surface area contributed by atoms with Crippen molar-refractivity contribution in [2.24, 2.45) is 0 Å². The van der Waals surface area contributed by atoms with Crippen molar-refractivity contribution in [2.45, 2.75) is 0 Å². The first-order valence-electron chi connectivity index (χ1n) is 4.60. The average Bonchev–Trinajstić information content (AvgIpc) is 2.30. The summed E-state index contributed by atoms with van der Waals surface area (Å²) in [7, 11) is 1.10. The highest BCUT2D eigenvalue weighted by Gasteiger charge is 2.18. The van der Waals surface area contributed by atoms with Gasteiger partial charge in [-0.25, -0.2) is 13.6 Å². The van der Waals surface area contributed by atoms with Gasteiger partial charge in [0.05, 0.1) is 18.4 Å². The lowest BCUT2D eigenvalue weighted by atomic mass is 10.2. The SMILES string of the molecule is C=C(Br)CNc1ccc(C(=O)OC)c(F)c1F. The van der Waals surface area contributed by atoms with E-state index >= 15 is 0 Å². The van der Waals surface area contributed by atoms with Gasteiger partial charge in [-0.1, -0.05) is 22.5 Å². The molecule has 6 heteroatoms. The van der Waals surface area contributed by atoms with Gasteiger partial charge in [0.15, 0.2) is 11.6 Å². The van der Waals surface area contributed by atoms with Crippen LogP contribution < -0.4 is 5.32 Å². The summed E-state index contributed by atoms with van der Waals surface area (Å²) in [5.74, 6) is -3.28. The standard InChI is InChI=1S/C11H10BrF2NO2/c1-6(12)5-15-8-4-3-7(11(16)17-2)9(13)10(8)14/h3-4,15H,1,5H2,2H3. The molecular weight excluding hydrogens is 296 g/mol. The van der Waals surface area contributed by atoms with E-state index in [2.05, 4.69) is 32.6 Å². The number of carbonyl (C=O) groups is 1. The number of esters is 1. The van der Waals surface area contributed by atoms with Crippen molar-refractivity contribution in [1.82, 2.24) is 0 Å². The second-order valence-electron chi connectivity index (χ2n) is 3.15. The van der Waals surface area contributed by atoms with Crippen LogP contribution in [-0.2, 0) is 4.74 Å². The van der Waals surface area contributed by atoms with Crippen LogP contribution in [0.5, 0.6) is 0 Å². The van der Waals surface area contributed by atoms with Crippen LogP contribution in [0, 0.1) is 11.6 Å². The number of nitrogens with one attached hydrogen (secondary N) is 1. The van der Waals surface area contributed by atoms with Gasteiger partial charge < -0.3 is 10.1 Å². The summed E-state index contributed by atoms with van der Waals surface area (Å²) in [6, 6.07) is 2.42. The number of rotatable bonds is 4. The molecule has 1 N–H and O–H groups in total. The smallest absolute Gasteiger partial charge is 0.340 e. The minimum Gasteiger partial charge on any atom is -0.465 e. The Kier molecular flexibility index (Phi) is 4.62. The highest BCUT2D eigenvalue weighted by atomic mass is 79.9. The summed E-state index contributed by atoms with van der Waals surface area (Å²) in [6.07, 6.45) is 0. The van der Waals surface area contributed by atoms with Crippen molar-refractivity contribution in [3.63, 3.8) is 0 Å². The molecule has 92 valence electrons. The third kappa shape index (κ3) is 3.26. The van der Waals surface area contributed by atoms with E-state index in [0.29, 0.717) is 4.48 Å². The van der Waals surface area contributed by atoms with Crippen LogP contribution in [0.2, 0.25) is 0 Å². The summed E-state index contributed by atoms with van der Waals surface area (Å²) in [6.45, 7) is 3.79. The normalized spacial score (nSPS) is 9.88. The molecule has 0 saturated heterocycles. The molecule has 1 aromatic rings. The van der Waals surface area contributed by atoms with Gasteiger partial charge in [-0.15, -0.1) is 0 Å². The Morgan fingerprint density at radius 3 is 2.65 bits per heavy atom. The Bertz CT molecular complexity index is 463. The zero-order chi connectivity index (χ0) is 13.0. The first-order valence-corrected chi connectivity index (χ1v) is 5.40. The zero-order valence-electron chi connectivity index (χ0n) is 9.02. The van der Waals surface area contributed by atoms with Crippen LogP contribution in [0.3, 0.4) is 0 Å². The van der Waals surface area contributed by atoms with Gasteiger partial charge >= 0.3 is 5.97 Å². The molecule has 0 aliphatic heterocycles. The van der Waals surface area contributed by atoms with Crippen LogP contribution in [-0.4, -0.2) is 19.6 Å². The maximum absolute atomic E-state index is 13.5. The average molecular weight is 306 g/mol. The maximum atomic E-state index is 13.5. The van der Waals surface area contributed by atoms with Crippen molar-refractivity contribution in [3.05, 3.63) is 40.4 Å². The molecule has 0 aliphatic carbocycles. The quantitative estimate of drug-likeness (QED) is 0.869. The largest absolute Gasteiger partial charge is 0.465 e. The predicted molar refractivity (Wildman–Crippen MR) is 64.3 cm³/mol. The molecule has 0 aromatic heterocycles. The van der Waals surface area contributed by atoms with Crippen molar-refractivity contribution < 1.29 is 18.3 Å². The van der Waals surface area contributed by atoms with Crippen molar-refractivity contribution >= 4 is 27.6 Å². The Balaban J connectivity index is 3.02. The van der Waals surface area contributed by atoms with Crippen LogP contribution in [0.15, 0.2) is 23.2 Å². The molecule has 0 unspecified atom stereocenters. The van der Waals surface area contributed by atoms with E-state index in [-0.39, 0.29) is 12.2 Å². The summed E-state index contributed by atoms with van der Waals surface area (Å²) >= 11 is 3.08. The molecule has 0 saturated carbocycles. The van der Waals surface area contributed by atoms with Gasteiger partial charge in [-0.3, -0.25) is 0 Å². The molecule has 17 heavy (non-hydrogen) atoms. The Hall–Kier alpha value is -1.43. The second kappa shape index (κ2) is 5.77. The fourth-order valence-electron chi connectivity index (χ4n) is 1.14. The molecule has 0 heterocycles. The van der Waals surface area contributed by atoms with Gasteiger partial charge in [-0.05, 0) is 12.1 Å². The Morgan fingerprint density at radius 1 is 1.47 bits per heavy atom. The highest BCUT2D eigenvalue weighted by Crippen LogP contribution is 2.21. The number of carbonyl (C=O) groups excluding carboxylic acids is 1. The van der Waals surface area contributed by atoms with Crippen molar-refractivity contribution in [2.75, 3.05) is 19.0 Å². The van der Waals surface area contributed by atoms with Crippen LogP contribution in [0.1, 0.15) is 10.4 Å². The monoisotopic (exact) mass is 305 g/mol. The molecule has 0 atom stereocenters. The summed E-state index contributed by atoms with van der Waals surface area (Å²) in [5, 5.41) is 2.62. The number of hydrogen-bond donors (Lipinski definition) is 1. The zero-order valence-corrected chi connectivity index (χ0v) is 10.6. The first kappa shape index (κ1) is 13.6. The van der Waals surface area contributed by atoms with Crippen LogP contribution >= 0.6 is 15.9 Å². The number of benzene rings is 1. The first-order chi connectivity index (χ1) is 7.97. The molecule has 3 nitrogen and oxygen atoms in total. The fourth-order valence-corrected chi connectivity index (χ4v) is 1.28. The summed E-state index contributed by atoms with van der Waals surface area (Å²) in [4.78, 5) is 11.1. The van der Waals surface area contributed by atoms with E-state index in [0.717, 1.165) is 13.2 Å². The molecule has 0 amide bonds. The molecule has 0 fully saturated rings. The topological polar surface area (TPSA) is 38.3 Å². The Morgan fingerprint density at radius 2 is 2.12 bits per heavy atom. The van der Waals surface area contributed by atoms with Gasteiger partial charge in [0.1, 0.15) is 0 Å². The third-order valence-corrected chi connectivity index (χ3v) is 2.24. The summed E-state index contributed by atoms with van der Waals surface area (Å²) < 4.78 is 31.9. The number of halogens is 3. The highest BCUT2D eigenvalue weighted by molar-refractivity contribution is 9.11. The lowest BCUT2D eigenvalue weighted by Crippen LogP contribution is -2.09. The van der Waals surface area contributed by atoms with E-state index in [1.165, 1.54) is 6.07 Å². The van der Waals surface area contributed by atoms with Gasteiger partial charge in [0, 0.05) is 11.0 Å². The third-order valence-electron chi connectivity index (χ3n) is 1.96. The molecule has 0 spiro atoms. The van der Waals surface area contributed by atoms with E-state index in [1.807, 2.05) is 0 Å². The van der Waals surface area contributed by atoms with E-state index in [9.17, 15) is 13.6 Å². The van der Waals surface area contributed by atoms with E-state index in [1.54, 1.807) is 0 Å². The summed E-state index contributed by atoms with van der Waals surface area (Å²) in [5.41, 5.74) is -0.482. The fraction of sp³-hybridized carbons (Fsp3) is 0.182. The van der Waals surface area contributed by atoms with Gasteiger partial charge in [0.2, 0.25) is 0 Å². The molecule has 1 rings (SSSR count). The number of methoxy groups -OCH3 is 1. The maximum Gasteiger partial charge on any atom is 0.340 e. The van der Waals surface area contributed by atoms with E-state index < -0.39 is 23.2 Å². The lowest BCUT2D eigenvalue weighted by molar-refractivity contribution is 0.0594. The number of ether oxygens (including phenoxy) is 1. The van der Waals surface area contributed by atoms with Crippen molar-refractivity contribution in [3.8, 4) is 0 Å². The molecule has 1 aromatic carbocycles. The minimum atomic E-state index is -1.23.